The molecule has 0 atom stereocenters. The van der Waals surface area contributed by atoms with Crippen LogP contribution < -0.4 is 5.32 Å². The lowest BCUT2D eigenvalue weighted by Crippen LogP contribution is -2.35. The highest BCUT2D eigenvalue weighted by molar-refractivity contribution is 5.66. The number of alkyl halides is 3. The molecule has 0 aliphatic heterocycles. The highest BCUT2D eigenvalue weighted by Gasteiger charge is 2.31. The average molecular weight is 307 g/mol. The summed E-state index contributed by atoms with van der Waals surface area (Å²) in [5.74, 6) is 0. The minimum Gasteiger partial charge on any atom is -0.395 e. The van der Waals surface area contributed by atoms with Crippen LogP contribution in [0.2, 0.25) is 0 Å². The zero-order valence-corrected chi connectivity index (χ0v) is 11.4. The standard InChI is InChI=1S/C12H16F3N3O3/c1-16-11-9(3-2-4-10(11)18(20)21)7-17(5-6-19)8-12(13,14)15/h2-4,16,19H,5-8H2,1H3. The summed E-state index contributed by atoms with van der Waals surface area (Å²) in [5, 5.41) is 22.4. The molecule has 0 spiro atoms. The molecule has 0 saturated carbocycles. The van der Waals surface area contributed by atoms with E-state index in [0.717, 1.165) is 4.90 Å². The fourth-order valence-electron chi connectivity index (χ4n) is 2.01. The monoisotopic (exact) mass is 307 g/mol. The number of nitro groups is 1. The van der Waals surface area contributed by atoms with Gasteiger partial charge >= 0.3 is 6.18 Å². The highest BCUT2D eigenvalue weighted by atomic mass is 19.4. The second kappa shape index (κ2) is 7.23. The van der Waals surface area contributed by atoms with E-state index in [4.69, 9.17) is 5.11 Å². The van der Waals surface area contributed by atoms with Crippen LogP contribution in [0.25, 0.3) is 0 Å². The maximum Gasteiger partial charge on any atom is 0.401 e. The van der Waals surface area contributed by atoms with Crippen LogP contribution in [0.1, 0.15) is 5.56 Å². The normalized spacial score (nSPS) is 11.7. The van der Waals surface area contributed by atoms with Gasteiger partial charge in [0.15, 0.2) is 0 Å². The van der Waals surface area contributed by atoms with Crippen molar-refractivity contribution in [3.05, 3.63) is 33.9 Å². The topological polar surface area (TPSA) is 78.6 Å². The molecule has 6 nitrogen and oxygen atoms in total. The molecule has 0 heterocycles. The Labute approximate surface area is 119 Å². The smallest absolute Gasteiger partial charge is 0.395 e. The first-order valence-electron chi connectivity index (χ1n) is 6.12. The lowest BCUT2D eigenvalue weighted by molar-refractivity contribution is -0.384. The van der Waals surface area contributed by atoms with E-state index in [1.54, 1.807) is 0 Å². The molecule has 0 aliphatic carbocycles. The van der Waals surface area contributed by atoms with Crippen molar-refractivity contribution in [1.82, 2.24) is 4.90 Å². The first-order valence-corrected chi connectivity index (χ1v) is 6.12. The van der Waals surface area contributed by atoms with Crippen molar-refractivity contribution in [1.29, 1.82) is 0 Å². The largest absolute Gasteiger partial charge is 0.401 e. The maximum absolute atomic E-state index is 12.5. The van der Waals surface area contributed by atoms with Crippen LogP contribution >= 0.6 is 0 Å². The molecule has 0 aromatic heterocycles. The summed E-state index contributed by atoms with van der Waals surface area (Å²) in [6, 6.07) is 4.20. The fourth-order valence-corrected chi connectivity index (χ4v) is 2.01. The van der Waals surface area contributed by atoms with Crippen LogP contribution in [0.15, 0.2) is 18.2 Å². The van der Waals surface area contributed by atoms with Gasteiger partial charge in [-0.3, -0.25) is 15.0 Å². The van der Waals surface area contributed by atoms with Gasteiger partial charge in [-0.25, -0.2) is 0 Å². The Morgan fingerprint density at radius 2 is 2.10 bits per heavy atom. The highest BCUT2D eigenvalue weighted by Crippen LogP contribution is 2.29. The van der Waals surface area contributed by atoms with Crippen molar-refractivity contribution in [2.75, 3.05) is 32.1 Å². The number of nitro benzene ring substituents is 1. The molecule has 9 heteroatoms. The van der Waals surface area contributed by atoms with Gasteiger partial charge in [0.05, 0.1) is 18.1 Å². The number of aliphatic hydroxyl groups is 1. The molecular formula is C12H16F3N3O3. The number of rotatable bonds is 7. The SMILES string of the molecule is CNc1c(CN(CCO)CC(F)(F)F)cccc1[N+](=O)[O-]. The van der Waals surface area contributed by atoms with Gasteiger partial charge in [0.2, 0.25) is 0 Å². The Morgan fingerprint density at radius 1 is 1.43 bits per heavy atom. The van der Waals surface area contributed by atoms with Crippen molar-refractivity contribution in [3.63, 3.8) is 0 Å². The zero-order chi connectivity index (χ0) is 16.0. The summed E-state index contributed by atoms with van der Waals surface area (Å²) in [7, 11) is 1.46. The number of halogens is 3. The van der Waals surface area contributed by atoms with Gasteiger partial charge in [-0.05, 0) is 5.56 Å². The van der Waals surface area contributed by atoms with Crippen LogP contribution in [0, 0.1) is 10.1 Å². The van der Waals surface area contributed by atoms with E-state index in [2.05, 4.69) is 5.32 Å². The number of hydrogen-bond donors (Lipinski definition) is 2. The lowest BCUT2D eigenvalue weighted by atomic mass is 10.1. The number of nitrogens with zero attached hydrogens (tertiary/aromatic N) is 2. The van der Waals surface area contributed by atoms with Gasteiger partial charge in [-0.15, -0.1) is 0 Å². The average Bonchev–Trinajstić information content (AvgIpc) is 2.36. The van der Waals surface area contributed by atoms with E-state index in [9.17, 15) is 23.3 Å². The summed E-state index contributed by atoms with van der Waals surface area (Å²) in [6.07, 6.45) is -4.41. The predicted molar refractivity (Wildman–Crippen MR) is 71.1 cm³/mol. The van der Waals surface area contributed by atoms with Gasteiger partial charge in [-0.2, -0.15) is 13.2 Å². The van der Waals surface area contributed by atoms with Crippen LogP contribution in [0.3, 0.4) is 0 Å². The van der Waals surface area contributed by atoms with Gasteiger partial charge in [-0.1, -0.05) is 12.1 Å². The Bertz CT molecular complexity index is 494. The predicted octanol–water partition coefficient (Wildman–Crippen LogP) is 1.99. The molecule has 118 valence electrons. The Balaban J connectivity index is 3.03. The van der Waals surface area contributed by atoms with E-state index < -0.39 is 24.3 Å². The lowest BCUT2D eigenvalue weighted by Gasteiger charge is -2.23. The summed E-state index contributed by atoms with van der Waals surface area (Å²) >= 11 is 0. The van der Waals surface area contributed by atoms with E-state index >= 15 is 0 Å². The minimum atomic E-state index is -4.41. The van der Waals surface area contributed by atoms with Gasteiger partial charge < -0.3 is 10.4 Å². The molecule has 0 bridgehead atoms. The van der Waals surface area contributed by atoms with Crippen molar-refractivity contribution >= 4 is 11.4 Å². The molecule has 2 N–H and O–H groups in total. The number of anilines is 1. The quantitative estimate of drug-likeness (QED) is 0.595. The molecule has 0 saturated heterocycles. The van der Waals surface area contributed by atoms with Crippen LogP contribution in [0.4, 0.5) is 24.5 Å². The van der Waals surface area contributed by atoms with E-state index in [1.807, 2.05) is 0 Å². The molecule has 0 aliphatic rings. The Morgan fingerprint density at radius 3 is 2.57 bits per heavy atom. The van der Waals surface area contributed by atoms with Crippen molar-refractivity contribution in [3.8, 4) is 0 Å². The van der Waals surface area contributed by atoms with Crippen LogP contribution in [0.5, 0.6) is 0 Å². The third-order valence-electron chi connectivity index (χ3n) is 2.79. The Hall–Kier alpha value is -1.87. The third kappa shape index (κ3) is 5.20. The number of aliphatic hydroxyl groups excluding tert-OH is 1. The van der Waals surface area contributed by atoms with Crippen LogP contribution in [-0.4, -0.2) is 47.9 Å². The number of nitrogens with one attached hydrogen (secondary N) is 1. The van der Waals surface area contributed by atoms with Gasteiger partial charge in [0.25, 0.3) is 5.69 Å². The van der Waals surface area contributed by atoms with E-state index in [1.165, 1.54) is 25.2 Å². The van der Waals surface area contributed by atoms with Crippen molar-refractivity contribution in [2.24, 2.45) is 0 Å². The zero-order valence-electron chi connectivity index (χ0n) is 11.4. The molecular weight excluding hydrogens is 291 g/mol. The first kappa shape index (κ1) is 17.2. The summed E-state index contributed by atoms with van der Waals surface area (Å²) in [6.45, 7) is -1.96. The number of para-hydroxylation sites is 1. The van der Waals surface area contributed by atoms with Crippen LogP contribution in [-0.2, 0) is 6.54 Å². The van der Waals surface area contributed by atoms with E-state index in [-0.39, 0.29) is 24.5 Å². The summed E-state index contributed by atoms with van der Waals surface area (Å²) in [4.78, 5) is 11.3. The number of hydrogen-bond acceptors (Lipinski definition) is 5. The molecule has 0 unspecified atom stereocenters. The molecule has 0 amide bonds. The minimum absolute atomic E-state index is 0.155. The molecule has 1 aromatic carbocycles. The first-order chi connectivity index (χ1) is 9.78. The van der Waals surface area contributed by atoms with Gasteiger partial charge in [0, 0.05) is 26.2 Å². The molecule has 21 heavy (non-hydrogen) atoms. The second-order valence-electron chi connectivity index (χ2n) is 4.37. The van der Waals surface area contributed by atoms with Gasteiger partial charge in [0.1, 0.15) is 5.69 Å². The maximum atomic E-state index is 12.5. The van der Waals surface area contributed by atoms with Crippen molar-refractivity contribution < 1.29 is 23.2 Å². The molecule has 0 radical (unpaired) electrons. The fraction of sp³-hybridized carbons (Fsp3) is 0.500. The number of benzene rings is 1. The Kier molecular flexibility index (Phi) is 5.91. The molecule has 0 fully saturated rings. The third-order valence-corrected chi connectivity index (χ3v) is 2.79. The molecule has 1 rings (SSSR count). The summed E-state index contributed by atoms with van der Waals surface area (Å²) < 4.78 is 37.4. The summed E-state index contributed by atoms with van der Waals surface area (Å²) in [5.41, 5.74) is 0.336. The molecule has 1 aromatic rings. The second-order valence-corrected chi connectivity index (χ2v) is 4.37. The van der Waals surface area contributed by atoms with Crippen molar-refractivity contribution in [2.45, 2.75) is 12.7 Å². The van der Waals surface area contributed by atoms with E-state index in [0.29, 0.717) is 5.56 Å².